The van der Waals surface area contributed by atoms with Gasteiger partial charge in [-0.15, -0.1) is 0 Å². The van der Waals surface area contributed by atoms with Gasteiger partial charge >= 0.3 is 24.0 Å². The first-order valence-electron chi connectivity index (χ1n) is 8.92. The molecular formula is C19H12BrClF7N3O3. The Bertz CT molecular complexity index is 1220. The molecule has 0 amide bonds. The zero-order valence-corrected chi connectivity index (χ0v) is 19.0. The lowest BCUT2D eigenvalue weighted by Crippen LogP contribution is -2.51. The first-order chi connectivity index (χ1) is 15.6. The zero-order valence-electron chi connectivity index (χ0n) is 16.7. The molecule has 0 radical (unpaired) electrons. The predicted octanol–water partition coefficient (Wildman–Crippen LogP) is 6.35. The minimum absolute atomic E-state index is 0.0522. The van der Waals surface area contributed by atoms with Crippen LogP contribution >= 0.6 is 27.5 Å². The van der Waals surface area contributed by atoms with E-state index in [-0.39, 0.29) is 20.6 Å². The highest BCUT2D eigenvalue weighted by Gasteiger charge is 2.75. The summed E-state index contributed by atoms with van der Waals surface area (Å²) in [7, 11) is 0.998. The molecule has 2 heterocycles. The van der Waals surface area contributed by atoms with Crippen LogP contribution in [0.3, 0.4) is 0 Å². The van der Waals surface area contributed by atoms with Gasteiger partial charge in [0, 0.05) is 18.9 Å². The van der Waals surface area contributed by atoms with E-state index in [9.17, 15) is 40.6 Å². The molecular weight excluding hydrogens is 567 g/mol. The van der Waals surface area contributed by atoms with Crippen molar-refractivity contribution in [1.82, 2.24) is 14.3 Å². The third-order valence-corrected chi connectivity index (χ3v) is 5.66. The second-order valence-corrected chi connectivity index (χ2v) is 8.14. The first-order valence-corrected chi connectivity index (χ1v) is 10.1. The van der Waals surface area contributed by atoms with E-state index in [1.54, 1.807) is 0 Å². The van der Waals surface area contributed by atoms with Gasteiger partial charge in [-0.05, 0) is 39.7 Å². The van der Waals surface area contributed by atoms with Gasteiger partial charge in [-0.2, -0.15) is 31.4 Å². The Kier molecular flexibility index (Phi) is 6.81. The van der Waals surface area contributed by atoms with Crippen LogP contribution in [0.1, 0.15) is 16.1 Å². The van der Waals surface area contributed by atoms with Gasteiger partial charge < -0.3 is 14.4 Å². The van der Waals surface area contributed by atoms with Crippen molar-refractivity contribution < 1.29 is 45.4 Å². The minimum atomic E-state index is -6.34. The van der Waals surface area contributed by atoms with E-state index in [1.165, 1.54) is 30.6 Å². The van der Waals surface area contributed by atoms with Gasteiger partial charge in [0.05, 0.1) is 26.9 Å². The summed E-state index contributed by atoms with van der Waals surface area (Å²) in [6.45, 7) is -0.882. The van der Waals surface area contributed by atoms with Crippen molar-refractivity contribution in [2.75, 3.05) is 7.11 Å². The number of hydrogen-bond acceptors (Lipinski definition) is 3. The summed E-state index contributed by atoms with van der Waals surface area (Å²) >= 11 is 8.70. The number of carboxylic acids is 1. The van der Waals surface area contributed by atoms with Crippen LogP contribution in [0.4, 0.5) is 30.7 Å². The minimum Gasteiger partial charge on any atom is -0.478 e. The third kappa shape index (κ3) is 4.29. The molecule has 0 saturated heterocycles. The van der Waals surface area contributed by atoms with E-state index >= 15 is 0 Å². The Morgan fingerprint density at radius 1 is 1.12 bits per heavy atom. The molecule has 2 aromatic heterocycles. The van der Waals surface area contributed by atoms with Crippen LogP contribution in [-0.4, -0.2) is 44.9 Å². The van der Waals surface area contributed by atoms with E-state index < -0.39 is 42.2 Å². The summed E-state index contributed by atoms with van der Waals surface area (Å²) in [5.41, 5.74) is -7.18. The van der Waals surface area contributed by atoms with Crippen molar-refractivity contribution in [3.8, 4) is 16.9 Å². The fraction of sp³-hybridized carbons (Fsp3) is 0.263. The van der Waals surface area contributed by atoms with E-state index in [1.807, 2.05) is 0 Å². The van der Waals surface area contributed by atoms with Crippen LogP contribution < -0.4 is 0 Å². The number of rotatable bonds is 6. The number of aromatic nitrogens is 3. The van der Waals surface area contributed by atoms with Gasteiger partial charge in [-0.3, -0.25) is 0 Å². The highest BCUT2D eigenvalue weighted by molar-refractivity contribution is 9.10. The number of nitrogens with zero attached hydrogens (tertiary/aromatic N) is 3. The molecule has 0 aliphatic rings. The molecule has 6 nitrogen and oxygen atoms in total. The normalized spacial score (nSPS) is 12.9. The maximum Gasteiger partial charge on any atom is 0.437 e. The lowest BCUT2D eigenvalue weighted by Gasteiger charge is -2.31. The largest absolute Gasteiger partial charge is 0.478 e. The monoisotopic (exact) mass is 577 g/mol. The Morgan fingerprint density at radius 2 is 1.74 bits per heavy atom. The number of halogens is 9. The molecule has 0 fully saturated rings. The van der Waals surface area contributed by atoms with Crippen LogP contribution in [0.25, 0.3) is 16.9 Å². The summed E-state index contributed by atoms with van der Waals surface area (Å²) < 4.78 is 101. The number of methoxy groups -OCH3 is 1. The average Bonchev–Trinajstić information content (AvgIpc) is 3.30. The Morgan fingerprint density at radius 3 is 2.26 bits per heavy atom. The highest BCUT2D eigenvalue weighted by atomic mass is 79.9. The molecule has 0 bridgehead atoms. The lowest BCUT2D eigenvalue weighted by molar-refractivity contribution is -0.351. The highest BCUT2D eigenvalue weighted by Crippen LogP contribution is 2.54. The van der Waals surface area contributed by atoms with Crippen LogP contribution in [0, 0.1) is 0 Å². The molecule has 3 aromatic rings. The van der Waals surface area contributed by atoms with Gasteiger partial charge in [-0.25, -0.2) is 13.9 Å². The van der Waals surface area contributed by atoms with E-state index in [0.717, 1.165) is 11.8 Å². The smallest absolute Gasteiger partial charge is 0.437 e. The van der Waals surface area contributed by atoms with Crippen LogP contribution in [-0.2, 0) is 17.1 Å². The fourth-order valence-corrected chi connectivity index (χ4v) is 4.00. The Balaban J connectivity index is 2.20. The molecule has 0 atom stereocenters. The summed E-state index contributed by atoms with van der Waals surface area (Å²) in [5, 5.41) is 13.1. The molecule has 0 saturated carbocycles. The summed E-state index contributed by atoms with van der Waals surface area (Å²) in [4.78, 5) is 11.3. The van der Waals surface area contributed by atoms with Crippen LogP contribution in [0.5, 0.6) is 0 Å². The molecule has 3 rings (SSSR count). The molecule has 1 aromatic carbocycles. The third-order valence-electron chi connectivity index (χ3n) is 4.75. The number of hydrogen-bond donors (Lipinski definition) is 1. The Hall–Kier alpha value is -2.58. The molecule has 34 heavy (non-hydrogen) atoms. The van der Waals surface area contributed by atoms with Crippen molar-refractivity contribution >= 4 is 33.5 Å². The van der Waals surface area contributed by atoms with Gasteiger partial charge in [0.15, 0.2) is 5.82 Å². The predicted molar refractivity (Wildman–Crippen MR) is 109 cm³/mol. The molecule has 0 unspecified atom stereocenters. The SMILES string of the molecule is COCn1c(C(F)(C(F)(F)F)C(F)(F)F)cc(Br)c1-n1cc(-c2ccc(Cl)c(C(=O)O)c2)cn1. The molecule has 1 N–H and O–H groups in total. The molecule has 184 valence electrons. The van der Waals surface area contributed by atoms with Crippen molar-refractivity contribution in [3.63, 3.8) is 0 Å². The van der Waals surface area contributed by atoms with Crippen LogP contribution in [0.2, 0.25) is 5.02 Å². The summed E-state index contributed by atoms with van der Waals surface area (Å²) in [6, 6.07) is 4.29. The summed E-state index contributed by atoms with van der Waals surface area (Å²) in [6.07, 6.45) is -10.3. The van der Waals surface area contributed by atoms with Crippen LogP contribution in [0.15, 0.2) is 41.1 Å². The second kappa shape index (κ2) is 8.89. The van der Waals surface area contributed by atoms with Gasteiger partial charge in [0.25, 0.3) is 0 Å². The van der Waals surface area contributed by atoms with Crippen molar-refractivity contribution in [2.45, 2.75) is 24.8 Å². The van der Waals surface area contributed by atoms with E-state index in [0.29, 0.717) is 16.2 Å². The number of aromatic carboxylic acids is 1. The number of carbonyl (C=O) groups is 1. The Labute approximate surface area is 199 Å². The van der Waals surface area contributed by atoms with Gasteiger partial charge in [-0.1, -0.05) is 17.7 Å². The standard InChI is InChI=1S/C19H12BrClF7N3O3/c1-34-8-30-14(17(22,18(23,24)25)19(26,27)28)5-12(20)15(30)31-7-10(6-29-31)9-2-3-13(21)11(4-9)16(32)33/h2-7H,8H2,1H3,(H,32,33). The topological polar surface area (TPSA) is 69.3 Å². The summed E-state index contributed by atoms with van der Waals surface area (Å²) in [5.74, 6) is -1.72. The molecule has 0 aliphatic heterocycles. The number of benzene rings is 1. The van der Waals surface area contributed by atoms with Crippen molar-refractivity contribution in [3.05, 3.63) is 57.4 Å². The van der Waals surface area contributed by atoms with Crippen molar-refractivity contribution in [2.24, 2.45) is 0 Å². The van der Waals surface area contributed by atoms with Gasteiger partial charge in [0.1, 0.15) is 6.73 Å². The first kappa shape index (κ1) is 26.0. The number of ether oxygens (including phenoxy) is 1. The average molecular weight is 579 g/mol. The van der Waals surface area contributed by atoms with E-state index in [2.05, 4.69) is 21.0 Å². The van der Waals surface area contributed by atoms with E-state index in [4.69, 9.17) is 16.3 Å². The maximum absolute atomic E-state index is 14.8. The zero-order chi connectivity index (χ0) is 25.6. The molecule has 0 spiro atoms. The second-order valence-electron chi connectivity index (χ2n) is 6.87. The maximum atomic E-state index is 14.8. The fourth-order valence-electron chi connectivity index (χ4n) is 3.19. The van der Waals surface area contributed by atoms with Crippen molar-refractivity contribution in [1.29, 1.82) is 0 Å². The molecule has 0 aliphatic carbocycles. The number of carboxylic acid groups (broad SMARTS) is 1. The quantitative estimate of drug-likeness (QED) is 0.346. The lowest BCUT2D eigenvalue weighted by atomic mass is 10.0. The van der Waals surface area contributed by atoms with Gasteiger partial charge in [0.2, 0.25) is 0 Å². The molecule has 15 heteroatoms. The number of alkyl halides is 7.